The average molecular weight is 421 g/mol. The van der Waals surface area contributed by atoms with Gasteiger partial charge in [0.2, 0.25) is 0 Å². The molecule has 0 fully saturated rings. The van der Waals surface area contributed by atoms with Crippen LogP contribution in [0.5, 0.6) is 0 Å². The van der Waals surface area contributed by atoms with Crippen LogP contribution in [-0.2, 0) is 0 Å². The Kier molecular flexibility index (Phi) is 3.79. The zero-order valence-corrected chi connectivity index (χ0v) is 18.2. The highest BCUT2D eigenvalue weighted by Crippen LogP contribution is 2.35. The molecule has 0 amide bonds. The third-order valence-corrected chi connectivity index (χ3v) is 6.61. The number of fused-ring (bicyclic) bond motifs is 6. The van der Waals surface area contributed by atoms with Crippen LogP contribution in [0.1, 0.15) is 0 Å². The molecule has 0 aliphatic carbocycles. The lowest BCUT2D eigenvalue weighted by molar-refractivity contribution is 1.13. The molecule has 3 heterocycles. The number of aromatic nitrogens is 3. The standard InChI is InChI=1S/C29H20BN3/c30-19-12-15-27-25(17-19)23-14-13-21(18-28(23)32(27)20-7-2-1-3-8-20)33-26-11-5-4-9-22(26)24-10-6-16-31-29(24)33/h1-18H,30H2. The first-order chi connectivity index (χ1) is 16.3. The highest BCUT2D eigenvalue weighted by molar-refractivity contribution is 6.34. The fourth-order valence-electron chi connectivity index (χ4n) is 5.17. The number of para-hydroxylation sites is 2. The van der Waals surface area contributed by atoms with Gasteiger partial charge in [-0.1, -0.05) is 60.1 Å². The maximum Gasteiger partial charge on any atom is 0.145 e. The Morgan fingerprint density at radius 2 is 1.27 bits per heavy atom. The molecule has 0 aliphatic rings. The predicted molar refractivity (Wildman–Crippen MR) is 141 cm³/mol. The van der Waals surface area contributed by atoms with E-state index >= 15 is 0 Å². The normalized spacial score (nSPS) is 11.8. The van der Waals surface area contributed by atoms with Crippen molar-refractivity contribution >= 4 is 57.1 Å². The first-order valence-corrected chi connectivity index (χ1v) is 11.2. The molecule has 154 valence electrons. The summed E-state index contributed by atoms with van der Waals surface area (Å²) in [5.41, 5.74) is 8.12. The lowest BCUT2D eigenvalue weighted by atomic mass is 9.94. The van der Waals surface area contributed by atoms with Crippen LogP contribution in [0.15, 0.2) is 109 Å². The van der Waals surface area contributed by atoms with E-state index in [1.165, 1.54) is 49.2 Å². The first kappa shape index (κ1) is 18.3. The summed E-state index contributed by atoms with van der Waals surface area (Å²) >= 11 is 0. The molecule has 0 atom stereocenters. The molecular weight excluding hydrogens is 401 g/mol. The van der Waals surface area contributed by atoms with E-state index in [4.69, 9.17) is 4.98 Å². The van der Waals surface area contributed by atoms with Crippen LogP contribution in [0.3, 0.4) is 0 Å². The molecule has 4 heteroatoms. The largest absolute Gasteiger partial charge is 0.309 e. The number of benzene rings is 4. The lowest BCUT2D eigenvalue weighted by Crippen LogP contribution is -2.00. The summed E-state index contributed by atoms with van der Waals surface area (Å²) in [6.45, 7) is 0. The highest BCUT2D eigenvalue weighted by Gasteiger charge is 2.16. The number of nitrogens with zero attached hydrogens (tertiary/aromatic N) is 3. The molecule has 0 radical (unpaired) electrons. The summed E-state index contributed by atoms with van der Waals surface area (Å²) < 4.78 is 4.65. The summed E-state index contributed by atoms with van der Waals surface area (Å²) in [5, 5.41) is 4.93. The maximum absolute atomic E-state index is 4.77. The van der Waals surface area contributed by atoms with E-state index in [0.717, 1.165) is 11.3 Å². The van der Waals surface area contributed by atoms with Gasteiger partial charge < -0.3 is 4.57 Å². The van der Waals surface area contributed by atoms with Gasteiger partial charge in [-0.05, 0) is 48.5 Å². The van der Waals surface area contributed by atoms with Gasteiger partial charge in [0.1, 0.15) is 13.5 Å². The molecule has 3 nitrogen and oxygen atoms in total. The van der Waals surface area contributed by atoms with Crippen LogP contribution < -0.4 is 5.46 Å². The smallest absolute Gasteiger partial charge is 0.145 e. The Bertz CT molecular complexity index is 1770. The van der Waals surface area contributed by atoms with Crippen LogP contribution in [0.2, 0.25) is 0 Å². The van der Waals surface area contributed by atoms with Crippen LogP contribution in [0, 0.1) is 0 Å². The average Bonchev–Trinajstić information content (AvgIpc) is 3.37. The fourth-order valence-corrected chi connectivity index (χ4v) is 5.17. The van der Waals surface area contributed by atoms with Gasteiger partial charge in [0.05, 0.1) is 16.6 Å². The molecular formula is C29H20BN3. The van der Waals surface area contributed by atoms with Gasteiger partial charge in [-0.2, -0.15) is 0 Å². The fraction of sp³-hybridized carbons (Fsp3) is 0. The SMILES string of the molecule is Bc1ccc2c(c1)c1ccc(-n3c4ccccc4c4cccnc43)cc1n2-c1ccccc1. The Morgan fingerprint density at radius 3 is 2.18 bits per heavy atom. The van der Waals surface area contributed by atoms with Crippen molar-refractivity contribution in [3.63, 3.8) is 0 Å². The van der Waals surface area contributed by atoms with E-state index in [2.05, 4.69) is 114 Å². The summed E-state index contributed by atoms with van der Waals surface area (Å²) in [6, 6.07) is 36.8. The monoisotopic (exact) mass is 421 g/mol. The number of hydrogen-bond acceptors (Lipinski definition) is 1. The summed E-state index contributed by atoms with van der Waals surface area (Å²) in [6.07, 6.45) is 1.87. The summed E-state index contributed by atoms with van der Waals surface area (Å²) in [4.78, 5) is 4.77. The molecule has 0 N–H and O–H groups in total. The number of hydrogen-bond donors (Lipinski definition) is 0. The Labute approximate surface area is 191 Å². The van der Waals surface area contributed by atoms with Gasteiger partial charge in [0.25, 0.3) is 0 Å². The summed E-state index contributed by atoms with van der Waals surface area (Å²) in [7, 11) is 2.16. The number of rotatable bonds is 2. The van der Waals surface area contributed by atoms with E-state index in [1.807, 2.05) is 12.3 Å². The second-order valence-electron chi connectivity index (χ2n) is 8.62. The zero-order chi connectivity index (χ0) is 21.9. The molecule has 0 aliphatic heterocycles. The highest BCUT2D eigenvalue weighted by atomic mass is 15.1. The molecule has 33 heavy (non-hydrogen) atoms. The van der Waals surface area contributed by atoms with Crippen molar-refractivity contribution in [2.75, 3.05) is 0 Å². The van der Waals surface area contributed by atoms with Crippen LogP contribution in [0.25, 0.3) is 55.1 Å². The van der Waals surface area contributed by atoms with E-state index in [9.17, 15) is 0 Å². The minimum absolute atomic E-state index is 0.983. The molecule has 3 aromatic heterocycles. The molecule has 0 unspecified atom stereocenters. The quantitative estimate of drug-likeness (QED) is 0.337. The molecule has 7 rings (SSSR count). The molecule has 0 saturated heterocycles. The third kappa shape index (κ3) is 2.61. The van der Waals surface area contributed by atoms with Crippen LogP contribution in [0.4, 0.5) is 0 Å². The van der Waals surface area contributed by atoms with Crippen molar-refractivity contribution < 1.29 is 0 Å². The second kappa shape index (κ2) is 6.85. The molecule has 7 aromatic rings. The van der Waals surface area contributed by atoms with Gasteiger partial charge in [-0.3, -0.25) is 4.57 Å². The maximum atomic E-state index is 4.77. The van der Waals surface area contributed by atoms with Gasteiger partial charge in [0.15, 0.2) is 0 Å². The lowest BCUT2D eigenvalue weighted by Gasteiger charge is -2.10. The number of pyridine rings is 1. The third-order valence-electron chi connectivity index (χ3n) is 6.61. The molecule has 4 aromatic carbocycles. The Balaban J connectivity index is 1.62. The zero-order valence-electron chi connectivity index (χ0n) is 18.2. The van der Waals surface area contributed by atoms with E-state index in [1.54, 1.807) is 0 Å². The Hall–Kier alpha value is -4.31. The van der Waals surface area contributed by atoms with E-state index in [0.29, 0.717) is 0 Å². The molecule has 0 bridgehead atoms. The van der Waals surface area contributed by atoms with E-state index < -0.39 is 0 Å². The van der Waals surface area contributed by atoms with E-state index in [-0.39, 0.29) is 0 Å². The van der Waals surface area contributed by atoms with Gasteiger partial charge in [-0.25, -0.2) is 4.98 Å². The van der Waals surface area contributed by atoms with Crippen molar-refractivity contribution in [2.45, 2.75) is 0 Å². The van der Waals surface area contributed by atoms with Crippen molar-refractivity contribution in [3.8, 4) is 11.4 Å². The minimum Gasteiger partial charge on any atom is -0.309 e. The van der Waals surface area contributed by atoms with Gasteiger partial charge in [-0.15, -0.1) is 0 Å². The topological polar surface area (TPSA) is 22.8 Å². The second-order valence-corrected chi connectivity index (χ2v) is 8.62. The molecule has 0 saturated carbocycles. The van der Waals surface area contributed by atoms with Crippen molar-refractivity contribution in [1.82, 2.24) is 14.1 Å². The Morgan fingerprint density at radius 1 is 0.515 bits per heavy atom. The van der Waals surface area contributed by atoms with Gasteiger partial charge in [0, 0.05) is 39.1 Å². The van der Waals surface area contributed by atoms with Crippen LogP contribution in [-0.4, -0.2) is 22.0 Å². The minimum atomic E-state index is 0.983. The summed E-state index contributed by atoms with van der Waals surface area (Å²) in [5.74, 6) is 0. The van der Waals surface area contributed by atoms with Crippen molar-refractivity contribution in [1.29, 1.82) is 0 Å². The van der Waals surface area contributed by atoms with Gasteiger partial charge >= 0.3 is 0 Å². The van der Waals surface area contributed by atoms with Crippen molar-refractivity contribution in [2.24, 2.45) is 0 Å². The first-order valence-electron chi connectivity index (χ1n) is 11.2. The van der Waals surface area contributed by atoms with Crippen molar-refractivity contribution in [3.05, 3.63) is 109 Å². The predicted octanol–water partition coefficient (Wildman–Crippen LogP) is 5.53. The van der Waals surface area contributed by atoms with Crippen LogP contribution >= 0.6 is 0 Å². The molecule has 0 spiro atoms.